The standard InChI is InChI=1S/C14H12N2/c1-11-4-6-12(7-5-11)13-3-2-9-16-10-8-15-14(13)16/h2-10H,1H3. The van der Waals surface area contributed by atoms with Gasteiger partial charge in [0.1, 0.15) is 5.65 Å². The summed E-state index contributed by atoms with van der Waals surface area (Å²) in [7, 11) is 0. The van der Waals surface area contributed by atoms with Crippen molar-refractivity contribution in [3.63, 3.8) is 0 Å². The molecule has 0 aliphatic carbocycles. The molecule has 0 amide bonds. The molecular weight excluding hydrogens is 196 g/mol. The summed E-state index contributed by atoms with van der Waals surface area (Å²) in [5.74, 6) is 0. The highest BCUT2D eigenvalue weighted by Gasteiger charge is 2.03. The molecule has 0 aliphatic heterocycles. The van der Waals surface area contributed by atoms with Gasteiger partial charge in [0.05, 0.1) is 0 Å². The van der Waals surface area contributed by atoms with Crippen LogP contribution in [0.1, 0.15) is 5.56 Å². The fourth-order valence-electron chi connectivity index (χ4n) is 1.91. The number of nitrogens with zero attached hydrogens (tertiary/aromatic N) is 2. The summed E-state index contributed by atoms with van der Waals surface area (Å²) in [6, 6.07) is 12.7. The number of pyridine rings is 1. The highest BCUT2D eigenvalue weighted by Crippen LogP contribution is 2.23. The van der Waals surface area contributed by atoms with Gasteiger partial charge in [-0.15, -0.1) is 0 Å². The summed E-state index contributed by atoms with van der Waals surface area (Å²) in [5.41, 5.74) is 4.67. The predicted molar refractivity (Wildman–Crippen MR) is 65.4 cm³/mol. The van der Waals surface area contributed by atoms with Crippen LogP contribution in [0.3, 0.4) is 0 Å². The number of hydrogen-bond acceptors (Lipinski definition) is 1. The number of hydrogen-bond donors (Lipinski definition) is 0. The minimum absolute atomic E-state index is 1.01. The first kappa shape index (κ1) is 9.16. The molecule has 78 valence electrons. The van der Waals surface area contributed by atoms with Crippen molar-refractivity contribution in [2.45, 2.75) is 6.92 Å². The molecule has 0 bridgehead atoms. The largest absolute Gasteiger partial charge is 0.307 e. The Morgan fingerprint density at radius 3 is 2.62 bits per heavy atom. The van der Waals surface area contributed by atoms with Crippen LogP contribution < -0.4 is 0 Å². The Morgan fingerprint density at radius 2 is 1.81 bits per heavy atom. The minimum Gasteiger partial charge on any atom is -0.307 e. The van der Waals surface area contributed by atoms with Gasteiger partial charge in [-0.05, 0) is 24.6 Å². The van der Waals surface area contributed by atoms with Crippen molar-refractivity contribution in [2.24, 2.45) is 0 Å². The second-order valence-corrected chi connectivity index (χ2v) is 3.95. The average molecular weight is 208 g/mol. The van der Waals surface area contributed by atoms with Crippen molar-refractivity contribution in [1.29, 1.82) is 0 Å². The molecule has 0 aliphatic rings. The molecule has 2 aromatic heterocycles. The molecule has 0 saturated carbocycles. The van der Waals surface area contributed by atoms with E-state index >= 15 is 0 Å². The third-order valence-corrected chi connectivity index (χ3v) is 2.78. The molecule has 2 heterocycles. The molecule has 0 spiro atoms. The van der Waals surface area contributed by atoms with Gasteiger partial charge in [-0.2, -0.15) is 0 Å². The lowest BCUT2D eigenvalue weighted by Crippen LogP contribution is -1.87. The van der Waals surface area contributed by atoms with E-state index in [2.05, 4.69) is 42.2 Å². The fourth-order valence-corrected chi connectivity index (χ4v) is 1.91. The third-order valence-electron chi connectivity index (χ3n) is 2.78. The number of benzene rings is 1. The normalized spacial score (nSPS) is 10.8. The lowest BCUT2D eigenvalue weighted by molar-refractivity contribution is 1.19. The molecule has 0 atom stereocenters. The molecular formula is C14H12N2. The lowest BCUT2D eigenvalue weighted by Gasteiger charge is -2.04. The van der Waals surface area contributed by atoms with Crippen molar-refractivity contribution >= 4 is 5.65 Å². The van der Waals surface area contributed by atoms with Crippen molar-refractivity contribution < 1.29 is 0 Å². The minimum atomic E-state index is 1.01. The summed E-state index contributed by atoms with van der Waals surface area (Å²) >= 11 is 0. The van der Waals surface area contributed by atoms with E-state index in [1.54, 1.807) is 0 Å². The summed E-state index contributed by atoms with van der Waals surface area (Å²) < 4.78 is 2.04. The summed E-state index contributed by atoms with van der Waals surface area (Å²) in [4.78, 5) is 4.38. The summed E-state index contributed by atoms with van der Waals surface area (Å²) in [6.07, 6.45) is 5.81. The van der Waals surface area contributed by atoms with Gasteiger partial charge in [-0.1, -0.05) is 29.8 Å². The van der Waals surface area contributed by atoms with Crippen LogP contribution in [0.4, 0.5) is 0 Å². The van der Waals surface area contributed by atoms with Gasteiger partial charge in [0, 0.05) is 24.2 Å². The molecule has 0 saturated heterocycles. The van der Waals surface area contributed by atoms with Crippen LogP contribution in [0.2, 0.25) is 0 Å². The first-order chi connectivity index (χ1) is 7.84. The Labute approximate surface area is 94.2 Å². The molecule has 0 N–H and O–H groups in total. The Morgan fingerprint density at radius 1 is 1.00 bits per heavy atom. The van der Waals surface area contributed by atoms with E-state index in [1.807, 2.05) is 29.1 Å². The Hall–Kier alpha value is -2.09. The maximum atomic E-state index is 4.38. The van der Waals surface area contributed by atoms with Gasteiger partial charge in [-0.25, -0.2) is 4.98 Å². The van der Waals surface area contributed by atoms with Gasteiger partial charge in [-0.3, -0.25) is 0 Å². The van der Waals surface area contributed by atoms with Crippen LogP contribution >= 0.6 is 0 Å². The highest BCUT2D eigenvalue weighted by atomic mass is 15.0. The zero-order valence-corrected chi connectivity index (χ0v) is 9.09. The molecule has 2 heteroatoms. The first-order valence-corrected chi connectivity index (χ1v) is 5.33. The molecule has 16 heavy (non-hydrogen) atoms. The van der Waals surface area contributed by atoms with Gasteiger partial charge in [0.15, 0.2) is 0 Å². The zero-order chi connectivity index (χ0) is 11.0. The van der Waals surface area contributed by atoms with E-state index in [9.17, 15) is 0 Å². The van der Waals surface area contributed by atoms with E-state index in [4.69, 9.17) is 0 Å². The smallest absolute Gasteiger partial charge is 0.144 e. The van der Waals surface area contributed by atoms with E-state index in [0.29, 0.717) is 0 Å². The van der Waals surface area contributed by atoms with Crippen LogP contribution in [0.5, 0.6) is 0 Å². The summed E-state index contributed by atoms with van der Waals surface area (Å²) in [5, 5.41) is 0. The number of fused-ring (bicyclic) bond motifs is 1. The number of aromatic nitrogens is 2. The van der Waals surface area contributed by atoms with Crippen LogP contribution in [-0.4, -0.2) is 9.38 Å². The Kier molecular flexibility index (Phi) is 2.00. The van der Waals surface area contributed by atoms with Crippen molar-refractivity contribution in [3.05, 3.63) is 60.6 Å². The van der Waals surface area contributed by atoms with Gasteiger partial charge < -0.3 is 4.40 Å². The topological polar surface area (TPSA) is 17.3 Å². The first-order valence-electron chi connectivity index (χ1n) is 5.33. The van der Waals surface area contributed by atoms with Gasteiger partial charge in [0.2, 0.25) is 0 Å². The zero-order valence-electron chi connectivity index (χ0n) is 9.09. The van der Waals surface area contributed by atoms with Gasteiger partial charge in [0.25, 0.3) is 0 Å². The Bertz CT molecular complexity index is 621. The average Bonchev–Trinajstić information content (AvgIpc) is 2.78. The van der Waals surface area contributed by atoms with E-state index < -0.39 is 0 Å². The molecule has 2 nitrogen and oxygen atoms in total. The monoisotopic (exact) mass is 208 g/mol. The number of imidazole rings is 1. The maximum Gasteiger partial charge on any atom is 0.144 e. The van der Waals surface area contributed by atoms with E-state index in [0.717, 1.165) is 5.65 Å². The molecule has 1 aromatic carbocycles. The van der Waals surface area contributed by atoms with Crippen LogP contribution in [0.15, 0.2) is 55.0 Å². The molecule has 3 aromatic rings. The second kappa shape index (κ2) is 3.49. The molecule has 0 radical (unpaired) electrons. The van der Waals surface area contributed by atoms with E-state index in [1.165, 1.54) is 16.7 Å². The quantitative estimate of drug-likeness (QED) is 0.599. The third kappa shape index (κ3) is 1.39. The van der Waals surface area contributed by atoms with Gasteiger partial charge >= 0.3 is 0 Å². The van der Waals surface area contributed by atoms with Crippen molar-refractivity contribution in [1.82, 2.24) is 9.38 Å². The van der Waals surface area contributed by atoms with Crippen LogP contribution in [-0.2, 0) is 0 Å². The molecule has 0 fully saturated rings. The SMILES string of the molecule is Cc1ccc(-c2cccn3ccnc23)cc1. The fraction of sp³-hybridized carbons (Fsp3) is 0.0714. The molecule has 3 rings (SSSR count). The second-order valence-electron chi connectivity index (χ2n) is 3.95. The van der Waals surface area contributed by atoms with Crippen molar-refractivity contribution in [3.8, 4) is 11.1 Å². The lowest BCUT2D eigenvalue weighted by atomic mass is 10.1. The van der Waals surface area contributed by atoms with Crippen LogP contribution in [0, 0.1) is 6.92 Å². The number of aryl methyl sites for hydroxylation is 1. The maximum absolute atomic E-state index is 4.38. The Balaban J connectivity index is 2.25. The van der Waals surface area contributed by atoms with E-state index in [-0.39, 0.29) is 0 Å². The molecule has 0 unspecified atom stereocenters. The van der Waals surface area contributed by atoms with Crippen LogP contribution in [0.25, 0.3) is 16.8 Å². The number of rotatable bonds is 1. The highest BCUT2D eigenvalue weighted by molar-refractivity contribution is 5.77. The summed E-state index contributed by atoms with van der Waals surface area (Å²) in [6.45, 7) is 2.10. The van der Waals surface area contributed by atoms with Crippen molar-refractivity contribution in [2.75, 3.05) is 0 Å². The predicted octanol–water partition coefficient (Wildman–Crippen LogP) is 3.31.